The van der Waals surface area contributed by atoms with Crippen LogP contribution in [0.25, 0.3) is 10.9 Å². The van der Waals surface area contributed by atoms with Crippen LogP contribution in [0.5, 0.6) is 17.2 Å². The largest absolute Gasteiger partial charge is 0.497 e. The average molecular weight is 497 g/mol. The first-order valence-corrected chi connectivity index (χ1v) is 11.5. The summed E-state index contributed by atoms with van der Waals surface area (Å²) in [5, 5.41) is 4.29. The normalized spacial score (nSPS) is 11.8. The zero-order valence-corrected chi connectivity index (χ0v) is 20.6. The number of methoxy groups -OCH3 is 2. The lowest BCUT2D eigenvalue weighted by Gasteiger charge is -2.22. The number of aromatic amines is 1. The van der Waals surface area contributed by atoms with Gasteiger partial charge in [0.1, 0.15) is 29.1 Å². The van der Waals surface area contributed by atoms with Crippen LogP contribution in [0, 0.1) is 12.7 Å². The Morgan fingerprint density at radius 3 is 2.57 bits per heavy atom. The number of ether oxygens (including phenoxy) is 3. The Morgan fingerprint density at radius 2 is 1.86 bits per heavy atom. The average Bonchev–Trinajstić information content (AvgIpc) is 3.26. The molecule has 3 aromatic carbocycles. The fourth-order valence-corrected chi connectivity index (χ4v) is 4.24. The van der Waals surface area contributed by atoms with Gasteiger partial charge in [0, 0.05) is 51.6 Å². The molecule has 1 heterocycles. The monoisotopic (exact) mass is 496 g/mol. The maximum Gasteiger partial charge on any atom is 0.191 e. The van der Waals surface area contributed by atoms with Crippen LogP contribution in [0.15, 0.2) is 54.7 Å². The lowest BCUT2D eigenvalue weighted by atomic mass is 9.95. The Hall–Kier alpha value is -3.71. The van der Waals surface area contributed by atoms with Crippen LogP contribution in [0.3, 0.4) is 0 Å². The number of aromatic nitrogens is 1. The first kappa shape index (κ1) is 24.4. The maximum absolute atomic E-state index is 14.5. The highest BCUT2D eigenvalue weighted by Crippen LogP contribution is 2.36. The number of hydrogen-bond donors (Lipinski definition) is 2. The third-order valence-electron chi connectivity index (χ3n) is 5.66. The second-order valence-corrected chi connectivity index (χ2v) is 8.47. The number of rotatable bonds is 9. The van der Waals surface area contributed by atoms with E-state index in [0.717, 1.165) is 0 Å². The van der Waals surface area contributed by atoms with E-state index in [1.165, 1.54) is 19.4 Å². The number of carbonyl (C=O) groups is 1. The van der Waals surface area contributed by atoms with Gasteiger partial charge in [-0.05, 0) is 43.7 Å². The predicted octanol–water partition coefficient (Wildman–Crippen LogP) is 6.72. The molecule has 35 heavy (non-hydrogen) atoms. The molecule has 0 aliphatic heterocycles. The van der Waals surface area contributed by atoms with Crippen molar-refractivity contribution in [2.24, 2.45) is 0 Å². The number of fused-ring (bicyclic) bond motifs is 1. The molecule has 0 aliphatic rings. The molecular weight excluding hydrogens is 471 g/mol. The summed E-state index contributed by atoms with van der Waals surface area (Å²) in [5.41, 5.74) is 2.52. The summed E-state index contributed by atoms with van der Waals surface area (Å²) in [7, 11) is 3.07. The Bertz CT molecular complexity index is 1390. The molecule has 8 heteroatoms. The van der Waals surface area contributed by atoms with Crippen molar-refractivity contribution in [1.29, 1.82) is 0 Å². The second kappa shape index (κ2) is 10.3. The highest BCUT2D eigenvalue weighted by atomic mass is 35.5. The number of halogens is 2. The van der Waals surface area contributed by atoms with Crippen molar-refractivity contribution in [1.82, 2.24) is 4.98 Å². The highest BCUT2D eigenvalue weighted by Gasteiger charge is 2.28. The van der Waals surface area contributed by atoms with Crippen LogP contribution < -0.4 is 19.5 Å². The van der Waals surface area contributed by atoms with Gasteiger partial charge in [-0.3, -0.25) is 4.79 Å². The molecule has 1 aromatic heterocycles. The van der Waals surface area contributed by atoms with Gasteiger partial charge in [-0.2, -0.15) is 0 Å². The molecule has 2 N–H and O–H groups in total. The number of benzene rings is 3. The number of H-pyrrole nitrogens is 1. The summed E-state index contributed by atoms with van der Waals surface area (Å²) in [6.45, 7) is 4.14. The molecule has 0 bridgehead atoms. The fraction of sp³-hybridized carbons (Fsp3) is 0.222. The zero-order valence-electron chi connectivity index (χ0n) is 19.9. The Morgan fingerprint density at radius 1 is 1.09 bits per heavy atom. The standard InChI is InChI=1S/C27H26ClFN2O4/c1-5-35-19-12-17(11-18(13-19)33-3)31-26(20-7-6-16(28)10-24(20)34-4)27(32)22-14-30-25-21(22)8-15(2)9-23(25)29/h6-14,26,30-31H,5H2,1-4H3. The number of aryl methyl sites for hydroxylation is 1. The lowest BCUT2D eigenvalue weighted by Crippen LogP contribution is -2.22. The minimum Gasteiger partial charge on any atom is -0.497 e. The molecule has 0 aliphatic carbocycles. The minimum atomic E-state index is -0.883. The number of carbonyl (C=O) groups excluding carboxylic acids is 1. The maximum atomic E-state index is 14.5. The van der Waals surface area contributed by atoms with E-state index in [0.29, 0.717) is 56.6 Å². The molecule has 0 fully saturated rings. The fourth-order valence-electron chi connectivity index (χ4n) is 4.08. The summed E-state index contributed by atoms with van der Waals surface area (Å²) < 4.78 is 31.2. The van der Waals surface area contributed by atoms with Crippen LogP contribution in [-0.2, 0) is 0 Å². The predicted molar refractivity (Wildman–Crippen MR) is 136 cm³/mol. The molecule has 0 amide bonds. The minimum absolute atomic E-state index is 0.275. The van der Waals surface area contributed by atoms with Crippen molar-refractivity contribution in [2.45, 2.75) is 19.9 Å². The van der Waals surface area contributed by atoms with Gasteiger partial charge < -0.3 is 24.5 Å². The molecule has 0 saturated carbocycles. The summed E-state index contributed by atoms with van der Waals surface area (Å²) in [4.78, 5) is 16.9. The molecule has 0 spiro atoms. The number of anilines is 1. The van der Waals surface area contributed by atoms with Crippen molar-refractivity contribution in [3.8, 4) is 17.2 Å². The van der Waals surface area contributed by atoms with Gasteiger partial charge in [0.2, 0.25) is 0 Å². The van der Waals surface area contributed by atoms with Gasteiger partial charge in [0.05, 0.1) is 26.3 Å². The smallest absolute Gasteiger partial charge is 0.191 e. The van der Waals surface area contributed by atoms with E-state index < -0.39 is 11.9 Å². The Balaban J connectivity index is 1.85. The third-order valence-corrected chi connectivity index (χ3v) is 5.89. The van der Waals surface area contributed by atoms with E-state index in [9.17, 15) is 9.18 Å². The van der Waals surface area contributed by atoms with Gasteiger partial charge in [0.25, 0.3) is 0 Å². The molecule has 4 rings (SSSR count). The van der Waals surface area contributed by atoms with Crippen molar-refractivity contribution in [2.75, 3.05) is 26.1 Å². The Kier molecular flexibility index (Phi) is 7.17. The number of nitrogens with one attached hydrogen (secondary N) is 2. The van der Waals surface area contributed by atoms with E-state index >= 15 is 0 Å². The van der Waals surface area contributed by atoms with E-state index in [1.807, 2.05) is 6.92 Å². The third kappa shape index (κ3) is 5.05. The van der Waals surface area contributed by atoms with E-state index in [1.54, 1.807) is 56.5 Å². The summed E-state index contributed by atoms with van der Waals surface area (Å²) in [6, 6.07) is 12.7. The van der Waals surface area contributed by atoms with Gasteiger partial charge in [-0.15, -0.1) is 0 Å². The number of ketones is 1. The molecule has 4 aromatic rings. The van der Waals surface area contributed by atoms with E-state index in [-0.39, 0.29) is 11.3 Å². The van der Waals surface area contributed by atoms with Gasteiger partial charge in [-0.25, -0.2) is 4.39 Å². The molecule has 0 saturated heterocycles. The zero-order chi connectivity index (χ0) is 25.1. The topological polar surface area (TPSA) is 72.6 Å². The van der Waals surface area contributed by atoms with Gasteiger partial charge >= 0.3 is 0 Å². The van der Waals surface area contributed by atoms with Crippen molar-refractivity contribution in [3.63, 3.8) is 0 Å². The van der Waals surface area contributed by atoms with Gasteiger partial charge in [0.15, 0.2) is 5.78 Å². The van der Waals surface area contributed by atoms with Crippen LogP contribution in [0.1, 0.15) is 34.5 Å². The molecular formula is C27H26ClFN2O4. The summed E-state index contributed by atoms with van der Waals surface area (Å²) in [6.07, 6.45) is 1.53. The number of hydrogen-bond acceptors (Lipinski definition) is 5. The van der Waals surface area contributed by atoms with E-state index in [4.69, 9.17) is 25.8 Å². The molecule has 182 valence electrons. The first-order chi connectivity index (χ1) is 16.8. The van der Waals surface area contributed by atoms with Crippen molar-refractivity contribution in [3.05, 3.63) is 82.3 Å². The second-order valence-electron chi connectivity index (χ2n) is 8.03. The summed E-state index contributed by atoms with van der Waals surface area (Å²) in [5.74, 6) is 0.911. The van der Waals surface area contributed by atoms with Crippen LogP contribution in [0.2, 0.25) is 5.02 Å². The van der Waals surface area contributed by atoms with Crippen LogP contribution >= 0.6 is 11.6 Å². The molecule has 6 nitrogen and oxygen atoms in total. The van der Waals surface area contributed by atoms with Crippen LogP contribution in [0.4, 0.5) is 10.1 Å². The molecule has 1 atom stereocenters. The molecule has 0 radical (unpaired) electrons. The highest BCUT2D eigenvalue weighted by molar-refractivity contribution is 6.30. The van der Waals surface area contributed by atoms with Crippen molar-refractivity contribution < 1.29 is 23.4 Å². The number of Topliss-reactive ketones (excluding diaryl/α,β-unsaturated/α-hetero) is 1. The molecule has 1 unspecified atom stereocenters. The Labute approximate surface area is 208 Å². The quantitative estimate of drug-likeness (QED) is 0.252. The lowest BCUT2D eigenvalue weighted by molar-refractivity contribution is 0.0970. The SMILES string of the molecule is CCOc1cc(NC(C(=O)c2c[nH]c3c(F)cc(C)cc23)c2ccc(Cl)cc2OC)cc(OC)c1. The van der Waals surface area contributed by atoms with Gasteiger partial charge in [-0.1, -0.05) is 17.7 Å². The first-order valence-electron chi connectivity index (χ1n) is 11.1. The van der Waals surface area contributed by atoms with E-state index in [2.05, 4.69) is 10.3 Å². The summed E-state index contributed by atoms with van der Waals surface area (Å²) >= 11 is 6.18. The van der Waals surface area contributed by atoms with Crippen LogP contribution in [-0.4, -0.2) is 31.6 Å². The van der Waals surface area contributed by atoms with Crippen molar-refractivity contribution >= 4 is 34.0 Å².